The number of ether oxygens (including phenoxy) is 1. The quantitative estimate of drug-likeness (QED) is 0.297. The van der Waals surface area contributed by atoms with Crippen molar-refractivity contribution < 1.29 is 28.1 Å². The number of amides is 3. The molecule has 11 nitrogen and oxygen atoms in total. The molecule has 0 radical (unpaired) electrons. The fourth-order valence-electron chi connectivity index (χ4n) is 3.85. The highest BCUT2D eigenvalue weighted by atomic mass is 16.5. The van der Waals surface area contributed by atoms with Gasteiger partial charge in [-0.05, 0) is 57.0 Å². The highest BCUT2D eigenvalue weighted by Crippen LogP contribution is 2.32. The fourth-order valence-corrected chi connectivity index (χ4v) is 3.85. The number of carbonyl (C=O) groups is 3. The molecule has 0 aliphatic heterocycles. The summed E-state index contributed by atoms with van der Waals surface area (Å²) in [5.41, 5.74) is 2.19. The van der Waals surface area contributed by atoms with Crippen molar-refractivity contribution in [3.05, 3.63) is 78.1 Å². The number of hydrogen-bond acceptors (Lipinski definition) is 8. The zero-order valence-electron chi connectivity index (χ0n) is 21.3. The standard InChI is InChI=1S/C27H27N5O6/c1-16-21(13-29-38-16)24(33)30-18-7-5-17(6-8-18)12-27(2,3)32-26(35)25(34)31-19-9-10-20(22(11-19)36-4)23-14-28-15-37-23/h5-11,13-15H,12H2,1-4H3,(H,30,33)(H,31,34)(H,32,35). The Morgan fingerprint density at radius 2 is 1.71 bits per heavy atom. The molecule has 4 aromatic rings. The van der Waals surface area contributed by atoms with Crippen LogP contribution in [0.1, 0.15) is 35.5 Å². The number of nitrogens with one attached hydrogen (secondary N) is 3. The monoisotopic (exact) mass is 517 g/mol. The summed E-state index contributed by atoms with van der Waals surface area (Å²) in [5.74, 6) is -0.504. The van der Waals surface area contributed by atoms with Gasteiger partial charge in [-0.3, -0.25) is 14.4 Å². The molecular weight excluding hydrogens is 490 g/mol. The molecular formula is C27H27N5O6. The minimum absolute atomic E-state index is 0.319. The Balaban J connectivity index is 1.33. The molecule has 196 valence electrons. The summed E-state index contributed by atoms with van der Waals surface area (Å²) in [6.07, 6.45) is 4.68. The van der Waals surface area contributed by atoms with Crippen LogP contribution in [0.2, 0.25) is 0 Å². The third kappa shape index (κ3) is 6.25. The lowest BCUT2D eigenvalue weighted by atomic mass is 9.94. The summed E-state index contributed by atoms with van der Waals surface area (Å²) in [4.78, 5) is 41.4. The molecule has 0 aliphatic carbocycles. The second-order valence-electron chi connectivity index (χ2n) is 9.20. The molecule has 0 saturated heterocycles. The van der Waals surface area contributed by atoms with E-state index in [0.717, 1.165) is 5.56 Å². The zero-order chi connectivity index (χ0) is 27.3. The van der Waals surface area contributed by atoms with Crippen LogP contribution in [0.25, 0.3) is 11.3 Å². The van der Waals surface area contributed by atoms with Gasteiger partial charge in [0.1, 0.15) is 17.1 Å². The zero-order valence-corrected chi connectivity index (χ0v) is 21.3. The Hall–Kier alpha value is -4.93. The lowest BCUT2D eigenvalue weighted by Gasteiger charge is -2.26. The highest BCUT2D eigenvalue weighted by Gasteiger charge is 2.25. The third-order valence-corrected chi connectivity index (χ3v) is 5.67. The molecule has 0 saturated carbocycles. The van der Waals surface area contributed by atoms with Gasteiger partial charge < -0.3 is 29.6 Å². The Morgan fingerprint density at radius 1 is 0.974 bits per heavy atom. The Kier molecular flexibility index (Phi) is 7.56. The molecule has 3 N–H and O–H groups in total. The van der Waals surface area contributed by atoms with Crippen LogP contribution in [-0.2, 0) is 16.0 Å². The Bertz CT molecular complexity index is 1440. The number of aromatic nitrogens is 2. The van der Waals surface area contributed by atoms with Crippen molar-refractivity contribution in [1.82, 2.24) is 15.5 Å². The van der Waals surface area contributed by atoms with Crippen molar-refractivity contribution in [2.45, 2.75) is 32.7 Å². The first-order valence-corrected chi connectivity index (χ1v) is 11.7. The van der Waals surface area contributed by atoms with Crippen LogP contribution in [0.5, 0.6) is 5.75 Å². The molecule has 2 aromatic carbocycles. The van der Waals surface area contributed by atoms with Gasteiger partial charge >= 0.3 is 11.8 Å². The number of anilines is 2. The van der Waals surface area contributed by atoms with Crippen LogP contribution in [0.4, 0.5) is 11.4 Å². The van der Waals surface area contributed by atoms with E-state index in [-0.39, 0.29) is 5.91 Å². The molecule has 0 spiro atoms. The number of aryl methyl sites for hydroxylation is 1. The van der Waals surface area contributed by atoms with E-state index in [1.54, 1.807) is 43.5 Å². The van der Waals surface area contributed by atoms with Gasteiger partial charge in [-0.25, -0.2) is 4.98 Å². The van der Waals surface area contributed by atoms with Crippen LogP contribution in [0, 0.1) is 6.92 Å². The van der Waals surface area contributed by atoms with Crippen LogP contribution in [0.15, 0.2) is 70.2 Å². The second-order valence-corrected chi connectivity index (χ2v) is 9.20. The summed E-state index contributed by atoms with van der Waals surface area (Å²) in [7, 11) is 1.49. The predicted molar refractivity (Wildman–Crippen MR) is 139 cm³/mol. The second kappa shape index (κ2) is 11.0. The molecule has 0 unspecified atom stereocenters. The summed E-state index contributed by atoms with van der Waals surface area (Å²) >= 11 is 0. The van der Waals surface area contributed by atoms with E-state index in [2.05, 4.69) is 26.1 Å². The molecule has 0 fully saturated rings. The van der Waals surface area contributed by atoms with E-state index in [9.17, 15) is 14.4 Å². The van der Waals surface area contributed by atoms with Gasteiger partial charge in [0.25, 0.3) is 5.91 Å². The SMILES string of the molecule is COc1cc(NC(=O)C(=O)NC(C)(C)Cc2ccc(NC(=O)c3cnoc3C)cc2)ccc1-c1cnco1. The lowest BCUT2D eigenvalue weighted by Crippen LogP contribution is -2.49. The first kappa shape index (κ1) is 26.1. The maximum Gasteiger partial charge on any atom is 0.313 e. The minimum atomic E-state index is -0.811. The molecule has 0 bridgehead atoms. The van der Waals surface area contributed by atoms with Crippen LogP contribution in [-0.4, -0.2) is 40.5 Å². The summed E-state index contributed by atoms with van der Waals surface area (Å²) in [5, 5.41) is 11.7. The molecule has 3 amide bonds. The van der Waals surface area contributed by atoms with E-state index in [0.29, 0.717) is 46.2 Å². The van der Waals surface area contributed by atoms with Crippen molar-refractivity contribution in [3.8, 4) is 17.1 Å². The number of nitrogens with zero attached hydrogens (tertiary/aromatic N) is 2. The predicted octanol–water partition coefficient (Wildman–Crippen LogP) is 3.97. The van der Waals surface area contributed by atoms with Crippen LogP contribution in [0.3, 0.4) is 0 Å². The largest absolute Gasteiger partial charge is 0.496 e. The topological polar surface area (TPSA) is 149 Å². The normalized spacial score (nSPS) is 11.1. The maximum absolute atomic E-state index is 12.6. The van der Waals surface area contributed by atoms with E-state index in [4.69, 9.17) is 13.7 Å². The van der Waals surface area contributed by atoms with Gasteiger partial charge in [-0.15, -0.1) is 0 Å². The summed E-state index contributed by atoms with van der Waals surface area (Å²) in [6, 6.07) is 12.1. The van der Waals surface area contributed by atoms with Crippen molar-refractivity contribution in [1.29, 1.82) is 0 Å². The van der Waals surface area contributed by atoms with Crippen molar-refractivity contribution >= 4 is 29.1 Å². The van der Waals surface area contributed by atoms with E-state index in [1.165, 1.54) is 19.7 Å². The number of carbonyl (C=O) groups excluding carboxylic acids is 3. The van der Waals surface area contributed by atoms with Crippen molar-refractivity contribution in [2.75, 3.05) is 17.7 Å². The first-order valence-electron chi connectivity index (χ1n) is 11.7. The molecule has 2 aromatic heterocycles. The fraction of sp³-hybridized carbons (Fsp3) is 0.222. The van der Waals surface area contributed by atoms with Gasteiger partial charge in [-0.1, -0.05) is 17.3 Å². The highest BCUT2D eigenvalue weighted by molar-refractivity contribution is 6.39. The average molecular weight is 518 g/mol. The Morgan fingerprint density at radius 3 is 2.34 bits per heavy atom. The van der Waals surface area contributed by atoms with E-state index in [1.807, 2.05) is 26.0 Å². The number of hydrogen-bond donors (Lipinski definition) is 3. The maximum atomic E-state index is 12.6. The minimum Gasteiger partial charge on any atom is -0.496 e. The molecule has 4 rings (SSSR count). The summed E-state index contributed by atoms with van der Waals surface area (Å²) < 4.78 is 15.6. The van der Waals surface area contributed by atoms with E-state index < -0.39 is 17.4 Å². The molecule has 11 heteroatoms. The van der Waals surface area contributed by atoms with Crippen LogP contribution >= 0.6 is 0 Å². The van der Waals surface area contributed by atoms with Gasteiger partial charge in [0.2, 0.25) is 0 Å². The van der Waals surface area contributed by atoms with Gasteiger partial charge in [0.15, 0.2) is 12.2 Å². The van der Waals surface area contributed by atoms with Crippen molar-refractivity contribution in [3.63, 3.8) is 0 Å². The number of methoxy groups -OCH3 is 1. The molecule has 2 heterocycles. The molecule has 0 aliphatic rings. The molecule has 0 atom stereocenters. The number of oxazole rings is 1. The Labute approximate surface area is 218 Å². The molecule has 38 heavy (non-hydrogen) atoms. The lowest BCUT2D eigenvalue weighted by molar-refractivity contribution is -0.137. The number of benzene rings is 2. The van der Waals surface area contributed by atoms with Crippen molar-refractivity contribution in [2.24, 2.45) is 0 Å². The third-order valence-electron chi connectivity index (χ3n) is 5.67. The van der Waals surface area contributed by atoms with Gasteiger partial charge in [0, 0.05) is 23.0 Å². The smallest absolute Gasteiger partial charge is 0.313 e. The van der Waals surface area contributed by atoms with Gasteiger partial charge in [-0.2, -0.15) is 0 Å². The van der Waals surface area contributed by atoms with E-state index >= 15 is 0 Å². The number of rotatable bonds is 8. The van der Waals surface area contributed by atoms with Gasteiger partial charge in [0.05, 0.1) is 25.1 Å². The average Bonchev–Trinajstić information content (AvgIpc) is 3.56. The first-order chi connectivity index (χ1) is 18.1. The van der Waals surface area contributed by atoms with Crippen LogP contribution < -0.4 is 20.7 Å². The summed E-state index contributed by atoms with van der Waals surface area (Å²) in [6.45, 7) is 5.30.